The first-order chi connectivity index (χ1) is 14.5. The van der Waals surface area contributed by atoms with E-state index in [2.05, 4.69) is 21.3 Å². The van der Waals surface area contributed by atoms with E-state index in [0.717, 1.165) is 0 Å². The molecular weight excluding hydrogens is 380 g/mol. The summed E-state index contributed by atoms with van der Waals surface area (Å²) >= 11 is 0. The molecule has 0 radical (unpaired) electrons. The summed E-state index contributed by atoms with van der Waals surface area (Å²) in [6.07, 6.45) is 0. The van der Waals surface area contributed by atoms with Gasteiger partial charge in [0.15, 0.2) is 0 Å². The molecular formula is C23H22N4O3. The Labute approximate surface area is 174 Å². The van der Waals surface area contributed by atoms with Gasteiger partial charge in [-0.25, -0.2) is 4.79 Å². The highest BCUT2D eigenvalue weighted by Crippen LogP contribution is 2.16. The summed E-state index contributed by atoms with van der Waals surface area (Å²) in [5, 5.41) is 10.8. The van der Waals surface area contributed by atoms with E-state index in [9.17, 15) is 14.4 Å². The fourth-order valence-electron chi connectivity index (χ4n) is 2.68. The maximum Gasteiger partial charge on any atom is 0.323 e. The number of benzene rings is 3. The number of carbonyl (C=O) groups excluding carboxylic acids is 3. The highest BCUT2D eigenvalue weighted by Gasteiger charge is 2.16. The SMILES string of the molecule is CC(NC(=O)c1ccccc1)C(=O)Nc1cccc(NC(=O)Nc2ccccc2)c1. The number of carbonyl (C=O) groups is 3. The summed E-state index contributed by atoms with van der Waals surface area (Å²) in [5.41, 5.74) is 2.16. The smallest absolute Gasteiger partial charge is 0.323 e. The van der Waals surface area contributed by atoms with Crippen LogP contribution in [-0.2, 0) is 4.79 Å². The van der Waals surface area contributed by atoms with Crippen LogP contribution in [-0.4, -0.2) is 23.9 Å². The first-order valence-corrected chi connectivity index (χ1v) is 9.41. The molecule has 1 atom stereocenters. The van der Waals surface area contributed by atoms with Crippen molar-refractivity contribution in [2.75, 3.05) is 16.0 Å². The molecule has 0 heterocycles. The molecule has 3 aromatic carbocycles. The van der Waals surface area contributed by atoms with E-state index in [1.807, 2.05) is 24.3 Å². The number of nitrogens with one attached hydrogen (secondary N) is 4. The summed E-state index contributed by atoms with van der Waals surface area (Å²) in [6, 6.07) is 23.4. The lowest BCUT2D eigenvalue weighted by atomic mass is 10.2. The Kier molecular flexibility index (Phi) is 6.78. The van der Waals surface area contributed by atoms with E-state index >= 15 is 0 Å². The van der Waals surface area contributed by atoms with Gasteiger partial charge in [0.2, 0.25) is 5.91 Å². The zero-order valence-electron chi connectivity index (χ0n) is 16.4. The topological polar surface area (TPSA) is 99.3 Å². The van der Waals surface area contributed by atoms with Crippen molar-refractivity contribution < 1.29 is 14.4 Å². The second kappa shape index (κ2) is 9.88. The molecule has 4 N–H and O–H groups in total. The fourth-order valence-corrected chi connectivity index (χ4v) is 2.68. The van der Waals surface area contributed by atoms with Gasteiger partial charge in [-0.2, -0.15) is 0 Å². The Hall–Kier alpha value is -4.13. The van der Waals surface area contributed by atoms with Crippen molar-refractivity contribution in [1.29, 1.82) is 0 Å². The first-order valence-electron chi connectivity index (χ1n) is 9.41. The molecule has 30 heavy (non-hydrogen) atoms. The molecule has 0 saturated carbocycles. The molecule has 0 bridgehead atoms. The number of hydrogen-bond acceptors (Lipinski definition) is 3. The molecule has 7 heteroatoms. The molecule has 3 aromatic rings. The van der Waals surface area contributed by atoms with Crippen molar-refractivity contribution in [3.8, 4) is 0 Å². The predicted octanol–water partition coefficient (Wildman–Crippen LogP) is 4.09. The van der Waals surface area contributed by atoms with Gasteiger partial charge in [-0.1, -0.05) is 42.5 Å². The zero-order chi connectivity index (χ0) is 21.3. The minimum absolute atomic E-state index is 0.328. The molecule has 1 unspecified atom stereocenters. The van der Waals surface area contributed by atoms with Crippen LogP contribution in [0, 0.1) is 0 Å². The third-order valence-electron chi connectivity index (χ3n) is 4.20. The zero-order valence-corrected chi connectivity index (χ0v) is 16.4. The quantitative estimate of drug-likeness (QED) is 0.500. The van der Waals surface area contributed by atoms with Gasteiger partial charge in [-0.3, -0.25) is 9.59 Å². The van der Waals surface area contributed by atoms with Crippen LogP contribution in [0.5, 0.6) is 0 Å². The van der Waals surface area contributed by atoms with Crippen molar-refractivity contribution in [2.24, 2.45) is 0 Å². The van der Waals surface area contributed by atoms with Crippen LogP contribution in [0.1, 0.15) is 17.3 Å². The Balaban J connectivity index is 1.55. The molecule has 3 rings (SSSR count). The van der Waals surface area contributed by atoms with Crippen molar-refractivity contribution in [3.63, 3.8) is 0 Å². The summed E-state index contributed by atoms with van der Waals surface area (Å²) in [6.45, 7) is 1.60. The predicted molar refractivity (Wildman–Crippen MR) is 118 cm³/mol. The lowest BCUT2D eigenvalue weighted by Gasteiger charge is -2.15. The summed E-state index contributed by atoms with van der Waals surface area (Å²) in [5.74, 6) is -0.698. The Bertz CT molecular complexity index is 1020. The molecule has 7 nitrogen and oxygen atoms in total. The van der Waals surface area contributed by atoms with E-state index in [0.29, 0.717) is 22.6 Å². The lowest BCUT2D eigenvalue weighted by Crippen LogP contribution is -2.41. The lowest BCUT2D eigenvalue weighted by molar-refractivity contribution is -0.117. The first kappa shape index (κ1) is 20.6. The third kappa shape index (κ3) is 5.93. The van der Waals surface area contributed by atoms with Gasteiger partial charge in [-0.15, -0.1) is 0 Å². The summed E-state index contributed by atoms with van der Waals surface area (Å²) in [4.78, 5) is 36.7. The minimum Gasteiger partial charge on any atom is -0.341 e. The third-order valence-corrected chi connectivity index (χ3v) is 4.20. The highest BCUT2D eigenvalue weighted by atomic mass is 16.2. The van der Waals surface area contributed by atoms with Gasteiger partial charge in [-0.05, 0) is 49.4 Å². The van der Waals surface area contributed by atoms with Crippen molar-refractivity contribution in [2.45, 2.75) is 13.0 Å². The maximum atomic E-state index is 12.4. The van der Waals surface area contributed by atoms with E-state index in [-0.39, 0.29) is 11.8 Å². The summed E-state index contributed by atoms with van der Waals surface area (Å²) in [7, 11) is 0. The van der Waals surface area contributed by atoms with Gasteiger partial charge < -0.3 is 21.3 Å². The van der Waals surface area contributed by atoms with Crippen molar-refractivity contribution in [3.05, 3.63) is 90.5 Å². The van der Waals surface area contributed by atoms with E-state index < -0.39 is 12.1 Å². The average Bonchev–Trinajstić information content (AvgIpc) is 2.75. The Morgan fingerprint density at radius 3 is 1.87 bits per heavy atom. The van der Waals surface area contributed by atoms with Gasteiger partial charge in [0.05, 0.1) is 0 Å². The molecule has 0 aliphatic heterocycles. The highest BCUT2D eigenvalue weighted by molar-refractivity contribution is 6.02. The standard InChI is InChI=1S/C23H22N4O3/c1-16(24-22(29)17-9-4-2-5-10-17)21(28)25-19-13-8-14-20(15-19)27-23(30)26-18-11-6-3-7-12-18/h2-16H,1H3,(H,24,29)(H,25,28)(H2,26,27,30). The second-order valence-electron chi connectivity index (χ2n) is 6.58. The van der Waals surface area contributed by atoms with Crippen LogP contribution in [0.4, 0.5) is 21.9 Å². The van der Waals surface area contributed by atoms with Gasteiger partial charge >= 0.3 is 6.03 Å². The molecule has 0 aliphatic carbocycles. The molecule has 152 valence electrons. The van der Waals surface area contributed by atoms with Gasteiger partial charge in [0.1, 0.15) is 6.04 Å². The minimum atomic E-state index is -0.740. The number of rotatable bonds is 6. The van der Waals surface area contributed by atoms with Crippen LogP contribution < -0.4 is 21.3 Å². The van der Waals surface area contributed by atoms with Crippen molar-refractivity contribution in [1.82, 2.24) is 5.32 Å². The average molecular weight is 402 g/mol. The number of anilines is 3. The number of para-hydroxylation sites is 1. The Morgan fingerprint density at radius 1 is 0.667 bits per heavy atom. The monoisotopic (exact) mass is 402 g/mol. The largest absolute Gasteiger partial charge is 0.341 e. The van der Waals surface area contributed by atoms with Crippen LogP contribution >= 0.6 is 0 Å². The van der Waals surface area contributed by atoms with E-state index in [1.54, 1.807) is 67.6 Å². The molecule has 0 saturated heterocycles. The second-order valence-corrected chi connectivity index (χ2v) is 6.58. The number of hydrogen-bond donors (Lipinski definition) is 4. The maximum absolute atomic E-state index is 12.4. The molecule has 0 spiro atoms. The molecule has 0 aliphatic rings. The normalized spacial score (nSPS) is 11.1. The van der Waals surface area contributed by atoms with Crippen molar-refractivity contribution >= 4 is 34.9 Å². The van der Waals surface area contributed by atoms with E-state index in [1.165, 1.54) is 0 Å². The molecule has 0 fully saturated rings. The number of amides is 4. The van der Waals surface area contributed by atoms with Gasteiger partial charge in [0.25, 0.3) is 5.91 Å². The molecule has 4 amide bonds. The fraction of sp³-hybridized carbons (Fsp3) is 0.0870. The van der Waals surface area contributed by atoms with Crippen LogP contribution in [0.2, 0.25) is 0 Å². The van der Waals surface area contributed by atoms with Crippen LogP contribution in [0.15, 0.2) is 84.9 Å². The summed E-state index contributed by atoms with van der Waals surface area (Å²) < 4.78 is 0. The van der Waals surface area contributed by atoms with Crippen LogP contribution in [0.3, 0.4) is 0 Å². The van der Waals surface area contributed by atoms with E-state index in [4.69, 9.17) is 0 Å². The van der Waals surface area contributed by atoms with Gasteiger partial charge in [0, 0.05) is 22.6 Å². The Morgan fingerprint density at radius 2 is 1.20 bits per heavy atom. The molecule has 0 aromatic heterocycles. The number of urea groups is 1. The van der Waals surface area contributed by atoms with Crippen LogP contribution in [0.25, 0.3) is 0 Å².